The Morgan fingerprint density at radius 3 is 2.54 bits per heavy atom. The number of rotatable bonds is 7. The SMILES string of the molecule is COC(=O)c1ccc(N(CCO)Cc2ccccc2)c([N+](=O)[O-])c1. The molecule has 0 unspecified atom stereocenters. The summed E-state index contributed by atoms with van der Waals surface area (Å²) >= 11 is 0. The van der Waals surface area contributed by atoms with Crippen molar-refractivity contribution in [1.82, 2.24) is 0 Å². The molecular formula is C17H18N2O5. The van der Waals surface area contributed by atoms with E-state index in [0.29, 0.717) is 12.2 Å². The molecule has 2 rings (SSSR count). The molecule has 0 saturated carbocycles. The van der Waals surface area contributed by atoms with Gasteiger partial charge < -0.3 is 14.7 Å². The number of esters is 1. The van der Waals surface area contributed by atoms with E-state index in [1.54, 1.807) is 4.90 Å². The fourth-order valence-electron chi connectivity index (χ4n) is 2.39. The molecule has 0 atom stereocenters. The maximum absolute atomic E-state index is 11.6. The molecular weight excluding hydrogens is 312 g/mol. The first-order chi connectivity index (χ1) is 11.6. The number of anilines is 1. The van der Waals surface area contributed by atoms with Crippen molar-refractivity contribution in [2.24, 2.45) is 0 Å². The van der Waals surface area contributed by atoms with Gasteiger partial charge in [0.1, 0.15) is 5.69 Å². The number of nitro groups is 1. The van der Waals surface area contributed by atoms with Crippen LogP contribution in [0.4, 0.5) is 11.4 Å². The van der Waals surface area contributed by atoms with Crippen LogP contribution in [0.1, 0.15) is 15.9 Å². The van der Waals surface area contributed by atoms with Crippen molar-refractivity contribution in [1.29, 1.82) is 0 Å². The Hall–Kier alpha value is -2.93. The minimum atomic E-state index is -0.638. The summed E-state index contributed by atoms with van der Waals surface area (Å²) in [6.07, 6.45) is 0. The van der Waals surface area contributed by atoms with Gasteiger partial charge in [-0.25, -0.2) is 4.79 Å². The minimum Gasteiger partial charge on any atom is -0.465 e. The summed E-state index contributed by atoms with van der Waals surface area (Å²) in [5.74, 6) is -0.638. The number of benzene rings is 2. The molecule has 24 heavy (non-hydrogen) atoms. The van der Waals surface area contributed by atoms with Crippen molar-refractivity contribution in [3.63, 3.8) is 0 Å². The highest BCUT2D eigenvalue weighted by atomic mass is 16.6. The predicted octanol–water partition coefficient (Wildman–Crippen LogP) is 2.38. The van der Waals surface area contributed by atoms with Gasteiger partial charge in [0.15, 0.2) is 0 Å². The van der Waals surface area contributed by atoms with Crippen molar-refractivity contribution < 1.29 is 19.6 Å². The molecule has 1 N–H and O–H groups in total. The molecule has 0 bridgehead atoms. The van der Waals surface area contributed by atoms with Gasteiger partial charge >= 0.3 is 5.97 Å². The van der Waals surface area contributed by atoms with Gasteiger partial charge in [0.25, 0.3) is 5.69 Å². The third-order valence-electron chi connectivity index (χ3n) is 3.52. The quantitative estimate of drug-likeness (QED) is 0.476. The lowest BCUT2D eigenvalue weighted by Crippen LogP contribution is -2.27. The smallest absolute Gasteiger partial charge is 0.338 e. The zero-order valence-electron chi connectivity index (χ0n) is 13.2. The van der Waals surface area contributed by atoms with Crippen LogP contribution < -0.4 is 4.90 Å². The van der Waals surface area contributed by atoms with Gasteiger partial charge in [0, 0.05) is 19.2 Å². The van der Waals surface area contributed by atoms with Crippen molar-refractivity contribution >= 4 is 17.3 Å². The van der Waals surface area contributed by atoms with Crippen LogP contribution in [0, 0.1) is 10.1 Å². The van der Waals surface area contributed by atoms with E-state index in [4.69, 9.17) is 0 Å². The Kier molecular flexibility index (Phi) is 5.86. The van der Waals surface area contributed by atoms with E-state index in [9.17, 15) is 20.0 Å². The van der Waals surface area contributed by atoms with Crippen LogP contribution in [0.15, 0.2) is 48.5 Å². The van der Waals surface area contributed by atoms with Crippen LogP contribution in [0.3, 0.4) is 0 Å². The summed E-state index contributed by atoms with van der Waals surface area (Å²) in [4.78, 5) is 24.2. The number of hydrogen-bond acceptors (Lipinski definition) is 6. The standard InChI is InChI=1S/C17H18N2O5/c1-24-17(21)14-7-8-15(16(11-14)19(22)23)18(9-10-20)12-13-5-3-2-4-6-13/h2-8,11,20H,9-10,12H2,1H3. The Morgan fingerprint density at radius 1 is 1.25 bits per heavy atom. The molecule has 126 valence electrons. The first-order valence-electron chi connectivity index (χ1n) is 7.33. The Bertz CT molecular complexity index is 718. The molecule has 2 aromatic rings. The van der Waals surface area contributed by atoms with Crippen molar-refractivity contribution in [3.05, 3.63) is 69.8 Å². The number of carbonyl (C=O) groups is 1. The van der Waals surface area contributed by atoms with Gasteiger partial charge in [-0.2, -0.15) is 0 Å². The summed E-state index contributed by atoms with van der Waals surface area (Å²) in [6, 6.07) is 13.6. The largest absolute Gasteiger partial charge is 0.465 e. The number of hydrogen-bond donors (Lipinski definition) is 1. The van der Waals surface area contributed by atoms with Gasteiger partial charge in [-0.1, -0.05) is 30.3 Å². The Balaban J connectivity index is 2.41. The van der Waals surface area contributed by atoms with E-state index in [0.717, 1.165) is 5.56 Å². The molecule has 0 aliphatic heterocycles. The lowest BCUT2D eigenvalue weighted by molar-refractivity contribution is -0.384. The summed E-state index contributed by atoms with van der Waals surface area (Å²) < 4.78 is 4.60. The maximum Gasteiger partial charge on any atom is 0.338 e. The average molecular weight is 330 g/mol. The molecule has 0 saturated heterocycles. The highest BCUT2D eigenvalue weighted by molar-refractivity contribution is 5.91. The van der Waals surface area contributed by atoms with Crippen LogP contribution in [-0.4, -0.2) is 36.3 Å². The molecule has 0 fully saturated rings. The monoisotopic (exact) mass is 330 g/mol. The van der Waals surface area contributed by atoms with Crippen LogP contribution >= 0.6 is 0 Å². The second kappa shape index (κ2) is 8.07. The first kappa shape index (κ1) is 17.4. The first-order valence-corrected chi connectivity index (χ1v) is 7.33. The van der Waals surface area contributed by atoms with E-state index < -0.39 is 10.9 Å². The molecule has 0 spiro atoms. The van der Waals surface area contributed by atoms with Gasteiger partial charge in [-0.15, -0.1) is 0 Å². The number of nitro benzene ring substituents is 1. The third kappa shape index (κ3) is 4.08. The summed E-state index contributed by atoms with van der Waals surface area (Å²) in [5.41, 5.74) is 1.20. The topological polar surface area (TPSA) is 92.9 Å². The molecule has 0 aliphatic carbocycles. The Labute approximate surface area is 139 Å². The number of nitrogens with zero attached hydrogens (tertiary/aromatic N) is 2. The fourth-order valence-corrected chi connectivity index (χ4v) is 2.39. The second-order valence-corrected chi connectivity index (χ2v) is 5.08. The fraction of sp³-hybridized carbons (Fsp3) is 0.235. The molecule has 7 nitrogen and oxygen atoms in total. The number of ether oxygens (including phenoxy) is 1. The lowest BCUT2D eigenvalue weighted by atomic mass is 10.1. The summed E-state index contributed by atoms with van der Waals surface area (Å²) in [5, 5.41) is 20.7. The number of aliphatic hydroxyl groups is 1. The number of aliphatic hydroxyl groups excluding tert-OH is 1. The van der Waals surface area contributed by atoms with Crippen molar-refractivity contribution in [3.8, 4) is 0 Å². The molecule has 0 aromatic heterocycles. The zero-order chi connectivity index (χ0) is 17.5. The normalized spacial score (nSPS) is 10.2. The van der Waals surface area contributed by atoms with Crippen molar-refractivity contribution in [2.75, 3.05) is 25.2 Å². The molecule has 0 heterocycles. The second-order valence-electron chi connectivity index (χ2n) is 5.08. The Morgan fingerprint density at radius 2 is 1.96 bits per heavy atom. The van der Waals surface area contributed by atoms with E-state index in [2.05, 4.69) is 4.74 Å². The molecule has 0 aliphatic rings. The third-order valence-corrected chi connectivity index (χ3v) is 3.52. The van der Waals surface area contributed by atoms with Crippen LogP contribution in [-0.2, 0) is 11.3 Å². The van der Waals surface area contributed by atoms with Crippen LogP contribution in [0.25, 0.3) is 0 Å². The average Bonchev–Trinajstić information content (AvgIpc) is 2.61. The summed E-state index contributed by atoms with van der Waals surface area (Å²) in [6.45, 7) is 0.482. The van der Waals surface area contributed by atoms with Gasteiger partial charge in [0.2, 0.25) is 0 Å². The van der Waals surface area contributed by atoms with Gasteiger partial charge in [0.05, 0.1) is 24.2 Å². The summed E-state index contributed by atoms with van der Waals surface area (Å²) in [7, 11) is 1.22. The lowest BCUT2D eigenvalue weighted by Gasteiger charge is -2.24. The number of methoxy groups -OCH3 is 1. The van der Waals surface area contributed by atoms with Crippen LogP contribution in [0.2, 0.25) is 0 Å². The predicted molar refractivity (Wildman–Crippen MR) is 89.0 cm³/mol. The van der Waals surface area contributed by atoms with Crippen molar-refractivity contribution in [2.45, 2.75) is 6.54 Å². The minimum absolute atomic E-state index is 0.108. The van der Waals surface area contributed by atoms with Crippen LogP contribution in [0.5, 0.6) is 0 Å². The van der Waals surface area contributed by atoms with E-state index in [1.165, 1.54) is 25.3 Å². The maximum atomic E-state index is 11.6. The van der Waals surface area contributed by atoms with Gasteiger partial charge in [-0.05, 0) is 17.7 Å². The van der Waals surface area contributed by atoms with E-state index in [-0.39, 0.29) is 24.4 Å². The van der Waals surface area contributed by atoms with E-state index in [1.807, 2.05) is 30.3 Å². The zero-order valence-corrected chi connectivity index (χ0v) is 13.2. The molecule has 7 heteroatoms. The molecule has 2 aromatic carbocycles. The molecule has 0 amide bonds. The number of carbonyl (C=O) groups excluding carboxylic acids is 1. The highest BCUT2D eigenvalue weighted by Crippen LogP contribution is 2.30. The highest BCUT2D eigenvalue weighted by Gasteiger charge is 2.22. The molecule has 0 radical (unpaired) electrons. The van der Waals surface area contributed by atoms with E-state index >= 15 is 0 Å². The van der Waals surface area contributed by atoms with Gasteiger partial charge in [-0.3, -0.25) is 10.1 Å².